The maximum Gasteiger partial charge on any atom is 0.354 e. The third kappa shape index (κ3) is 2.69. The molecule has 1 N–H and O–H groups in total. The summed E-state index contributed by atoms with van der Waals surface area (Å²) in [7, 11) is 0. The van der Waals surface area contributed by atoms with E-state index in [0.29, 0.717) is 5.69 Å². The fraction of sp³-hybridized carbons (Fsp3) is 0.0833. The molecule has 2 aromatic heterocycles. The molecule has 8 heteroatoms. The highest BCUT2D eigenvalue weighted by Crippen LogP contribution is 2.30. The molecule has 2 rings (SSSR count). The first kappa shape index (κ1) is 13.4. The van der Waals surface area contributed by atoms with Gasteiger partial charge in [-0.05, 0) is 25.1 Å². The first-order valence-electron chi connectivity index (χ1n) is 5.47. The number of carboxylic acids is 1. The zero-order valence-corrected chi connectivity index (χ0v) is 10.3. The normalized spacial score (nSPS) is 10.1. The largest absolute Gasteiger partial charge is 0.477 e. The molecule has 8 nitrogen and oxygen atoms in total. The molecule has 0 spiro atoms. The maximum atomic E-state index is 10.9. The summed E-state index contributed by atoms with van der Waals surface area (Å²) in [5.74, 6) is -1.41. The van der Waals surface area contributed by atoms with Crippen LogP contribution in [0.2, 0.25) is 0 Å². The standard InChI is InChI=1S/C12H9N3O5/c1-7-10(3-2-6-13-7)20-11-9(15(18)19)5-4-8(14-11)12(16)17/h2-6H,1H3,(H,16,17). The van der Waals surface area contributed by atoms with Crippen LogP contribution in [0.5, 0.6) is 11.6 Å². The van der Waals surface area contributed by atoms with Crippen molar-refractivity contribution >= 4 is 11.7 Å². The van der Waals surface area contributed by atoms with Crippen LogP contribution in [0.4, 0.5) is 5.69 Å². The molecule has 2 aromatic rings. The van der Waals surface area contributed by atoms with Crippen LogP contribution in [0.3, 0.4) is 0 Å². The van der Waals surface area contributed by atoms with Crippen molar-refractivity contribution in [1.29, 1.82) is 0 Å². The Morgan fingerprint density at radius 1 is 1.40 bits per heavy atom. The number of aromatic nitrogens is 2. The predicted octanol–water partition coefficient (Wildman–Crippen LogP) is 2.18. The maximum absolute atomic E-state index is 10.9. The highest BCUT2D eigenvalue weighted by Gasteiger charge is 2.21. The van der Waals surface area contributed by atoms with Gasteiger partial charge in [-0.1, -0.05) is 0 Å². The number of nitro groups is 1. The van der Waals surface area contributed by atoms with Crippen LogP contribution in [0, 0.1) is 17.0 Å². The minimum atomic E-state index is -1.30. The van der Waals surface area contributed by atoms with Crippen molar-refractivity contribution in [2.75, 3.05) is 0 Å². The molecule has 102 valence electrons. The molecule has 0 bridgehead atoms. The first-order valence-corrected chi connectivity index (χ1v) is 5.47. The van der Waals surface area contributed by atoms with Crippen molar-refractivity contribution in [2.45, 2.75) is 6.92 Å². The minimum Gasteiger partial charge on any atom is -0.477 e. The summed E-state index contributed by atoms with van der Waals surface area (Å²) in [5.41, 5.74) is -0.255. The third-order valence-electron chi connectivity index (χ3n) is 2.42. The molecule has 0 aliphatic carbocycles. The Balaban J connectivity index is 2.48. The van der Waals surface area contributed by atoms with Crippen LogP contribution in [-0.4, -0.2) is 26.0 Å². The summed E-state index contributed by atoms with van der Waals surface area (Å²) in [4.78, 5) is 28.7. The summed E-state index contributed by atoms with van der Waals surface area (Å²) >= 11 is 0. The average molecular weight is 275 g/mol. The smallest absolute Gasteiger partial charge is 0.354 e. The first-order chi connectivity index (χ1) is 9.49. The molecule has 20 heavy (non-hydrogen) atoms. The van der Waals surface area contributed by atoms with Crippen molar-refractivity contribution in [3.05, 3.63) is 52.0 Å². The zero-order valence-electron chi connectivity index (χ0n) is 10.3. The van der Waals surface area contributed by atoms with Gasteiger partial charge in [0.2, 0.25) is 0 Å². The van der Waals surface area contributed by atoms with E-state index in [1.54, 1.807) is 19.1 Å². The number of pyridine rings is 2. The highest BCUT2D eigenvalue weighted by molar-refractivity contribution is 5.85. The summed E-state index contributed by atoms with van der Waals surface area (Å²) in [6, 6.07) is 5.23. The fourth-order valence-electron chi connectivity index (χ4n) is 1.45. The van der Waals surface area contributed by atoms with Gasteiger partial charge in [-0.15, -0.1) is 0 Å². The lowest BCUT2D eigenvalue weighted by Crippen LogP contribution is -2.04. The van der Waals surface area contributed by atoms with Crippen molar-refractivity contribution in [2.24, 2.45) is 0 Å². The summed E-state index contributed by atoms with van der Waals surface area (Å²) in [5, 5.41) is 19.8. The Bertz CT molecular complexity index is 687. The van der Waals surface area contributed by atoms with E-state index in [2.05, 4.69) is 9.97 Å². The molecule has 0 fully saturated rings. The molecular formula is C12H9N3O5. The van der Waals surface area contributed by atoms with Gasteiger partial charge in [0, 0.05) is 12.3 Å². The van der Waals surface area contributed by atoms with Gasteiger partial charge in [0.05, 0.1) is 10.6 Å². The van der Waals surface area contributed by atoms with E-state index in [1.165, 1.54) is 6.20 Å². The lowest BCUT2D eigenvalue weighted by Gasteiger charge is -2.07. The topological polar surface area (TPSA) is 115 Å². The lowest BCUT2D eigenvalue weighted by atomic mass is 10.3. The van der Waals surface area contributed by atoms with Gasteiger partial charge in [-0.25, -0.2) is 4.79 Å². The summed E-state index contributed by atoms with van der Waals surface area (Å²) in [6.45, 7) is 1.65. The Morgan fingerprint density at radius 3 is 2.75 bits per heavy atom. The molecule has 0 aromatic carbocycles. The van der Waals surface area contributed by atoms with Crippen molar-refractivity contribution in [1.82, 2.24) is 9.97 Å². The molecule has 0 amide bonds. The predicted molar refractivity (Wildman–Crippen MR) is 66.9 cm³/mol. The van der Waals surface area contributed by atoms with Crippen LogP contribution in [0.25, 0.3) is 0 Å². The summed E-state index contributed by atoms with van der Waals surface area (Å²) < 4.78 is 5.31. The quantitative estimate of drug-likeness (QED) is 0.671. The Hall–Kier alpha value is -3.03. The van der Waals surface area contributed by atoms with Crippen LogP contribution < -0.4 is 4.74 Å². The Labute approximate surface area is 112 Å². The number of carbonyl (C=O) groups is 1. The monoisotopic (exact) mass is 275 g/mol. The number of nitrogens with zero attached hydrogens (tertiary/aromatic N) is 3. The number of hydrogen-bond acceptors (Lipinski definition) is 6. The van der Waals surface area contributed by atoms with Gasteiger partial charge >= 0.3 is 17.5 Å². The van der Waals surface area contributed by atoms with Crippen LogP contribution in [0.1, 0.15) is 16.2 Å². The molecule has 2 heterocycles. The number of ether oxygens (including phenoxy) is 1. The second-order valence-corrected chi connectivity index (χ2v) is 3.77. The van der Waals surface area contributed by atoms with E-state index in [-0.39, 0.29) is 17.3 Å². The van der Waals surface area contributed by atoms with E-state index in [4.69, 9.17) is 9.84 Å². The van der Waals surface area contributed by atoms with Crippen molar-refractivity contribution < 1.29 is 19.6 Å². The molecule has 0 aliphatic heterocycles. The SMILES string of the molecule is Cc1ncccc1Oc1nc(C(=O)O)ccc1[N+](=O)[O-]. The molecule has 0 saturated carbocycles. The molecule has 0 aliphatic rings. The third-order valence-corrected chi connectivity index (χ3v) is 2.42. The second-order valence-electron chi connectivity index (χ2n) is 3.77. The van der Waals surface area contributed by atoms with Gasteiger partial charge in [-0.2, -0.15) is 4.98 Å². The average Bonchev–Trinajstić information content (AvgIpc) is 2.41. The number of hydrogen-bond donors (Lipinski definition) is 1. The minimum absolute atomic E-state index is 0.269. The van der Waals surface area contributed by atoms with Crippen LogP contribution >= 0.6 is 0 Å². The number of aromatic carboxylic acids is 1. The number of carboxylic acid groups (broad SMARTS) is 1. The molecule has 0 radical (unpaired) electrons. The second kappa shape index (κ2) is 5.31. The van der Waals surface area contributed by atoms with Crippen LogP contribution in [-0.2, 0) is 0 Å². The Kier molecular flexibility index (Phi) is 3.56. The van der Waals surface area contributed by atoms with Crippen molar-refractivity contribution in [3.63, 3.8) is 0 Å². The van der Waals surface area contributed by atoms with Gasteiger partial charge in [0.15, 0.2) is 11.4 Å². The van der Waals surface area contributed by atoms with Gasteiger partial charge in [0.1, 0.15) is 0 Å². The number of rotatable bonds is 4. The van der Waals surface area contributed by atoms with Crippen molar-refractivity contribution in [3.8, 4) is 11.6 Å². The molecule has 0 atom stereocenters. The molecule has 0 saturated heterocycles. The van der Waals surface area contributed by atoms with E-state index >= 15 is 0 Å². The zero-order chi connectivity index (χ0) is 14.7. The lowest BCUT2D eigenvalue weighted by molar-refractivity contribution is -0.386. The van der Waals surface area contributed by atoms with E-state index < -0.39 is 16.6 Å². The van der Waals surface area contributed by atoms with Gasteiger partial charge in [0.25, 0.3) is 0 Å². The van der Waals surface area contributed by atoms with Crippen LogP contribution in [0.15, 0.2) is 30.5 Å². The fourth-order valence-corrected chi connectivity index (χ4v) is 1.45. The molecular weight excluding hydrogens is 266 g/mol. The van der Waals surface area contributed by atoms with E-state index in [0.717, 1.165) is 12.1 Å². The van der Waals surface area contributed by atoms with E-state index in [9.17, 15) is 14.9 Å². The van der Waals surface area contributed by atoms with E-state index in [1.807, 2.05) is 0 Å². The highest BCUT2D eigenvalue weighted by atomic mass is 16.6. The number of aryl methyl sites for hydroxylation is 1. The Morgan fingerprint density at radius 2 is 2.15 bits per heavy atom. The molecule has 0 unspecified atom stereocenters. The summed E-state index contributed by atoms with van der Waals surface area (Å²) in [6.07, 6.45) is 1.54. The van der Waals surface area contributed by atoms with Gasteiger partial charge in [-0.3, -0.25) is 15.1 Å². The van der Waals surface area contributed by atoms with Gasteiger partial charge < -0.3 is 9.84 Å².